The van der Waals surface area contributed by atoms with Crippen LogP contribution in [0.4, 0.5) is 0 Å². The van der Waals surface area contributed by atoms with E-state index in [1.165, 1.54) is 0 Å². The molecule has 1 saturated heterocycles. The third-order valence-electron chi connectivity index (χ3n) is 4.43. The van der Waals surface area contributed by atoms with Gasteiger partial charge in [-0.05, 0) is 23.3 Å². The van der Waals surface area contributed by atoms with E-state index in [0.717, 1.165) is 37.3 Å². The van der Waals surface area contributed by atoms with Crippen LogP contribution in [-0.4, -0.2) is 43.8 Å². The Bertz CT molecular complexity index is 746. The van der Waals surface area contributed by atoms with Crippen molar-refractivity contribution in [2.75, 3.05) is 33.2 Å². The molecule has 138 valence electrons. The molecule has 0 saturated carbocycles. The molecule has 0 spiro atoms. The summed E-state index contributed by atoms with van der Waals surface area (Å²) in [6.45, 7) is 3.70. The van der Waals surface area contributed by atoms with Crippen LogP contribution in [0.1, 0.15) is 11.1 Å². The monoisotopic (exact) mass is 375 g/mol. The smallest absolute Gasteiger partial charge is 0.370 e. The summed E-state index contributed by atoms with van der Waals surface area (Å²) in [5, 5.41) is 3.76. The molecule has 3 rings (SSSR count). The van der Waals surface area contributed by atoms with Crippen LogP contribution in [-0.2, 0) is 22.7 Å². The largest absolute Gasteiger partial charge is 0.487 e. The first kappa shape index (κ1) is 18.7. The number of piperazine rings is 1. The van der Waals surface area contributed by atoms with Gasteiger partial charge in [0.15, 0.2) is 0 Å². The zero-order chi connectivity index (χ0) is 18.4. The number of benzene rings is 2. The van der Waals surface area contributed by atoms with E-state index in [9.17, 15) is 4.79 Å². The second-order valence-corrected chi connectivity index (χ2v) is 7.08. The number of ether oxygens (including phenoxy) is 1. The van der Waals surface area contributed by atoms with Gasteiger partial charge in [0.1, 0.15) is 32.5 Å². The number of carbonyl (C=O) groups excluding carboxylic acids is 1. The molecule has 2 aromatic rings. The molecule has 0 atom stereocenters. The number of halogens is 1. The lowest BCUT2D eigenvalue weighted by Gasteiger charge is -2.33. The summed E-state index contributed by atoms with van der Waals surface area (Å²) < 4.78 is 6.08. The molecule has 1 heterocycles. The van der Waals surface area contributed by atoms with Gasteiger partial charge in [0.05, 0.1) is 11.4 Å². The number of rotatable bonds is 6. The van der Waals surface area contributed by atoms with Crippen LogP contribution in [0, 0.1) is 0 Å². The van der Waals surface area contributed by atoms with Crippen LogP contribution in [0.2, 0.25) is 5.02 Å². The first-order chi connectivity index (χ1) is 12.5. The van der Waals surface area contributed by atoms with Gasteiger partial charge in [-0.15, -0.1) is 4.65 Å². The maximum absolute atomic E-state index is 12.3. The van der Waals surface area contributed by atoms with E-state index in [4.69, 9.17) is 21.2 Å². The van der Waals surface area contributed by atoms with Gasteiger partial charge in [0.25, 0.3) is 0 Å². The third kappa shape index (κ3) is 5.21. The topological polar surface area (TPSA) is 47.6 Å². The van der Waals surface area contributed by atoms with Crippen LogP contribution >= 0.6 is 11.6 Å². The maximum atomic E-state index is 12.3. The van der Waals surface area contributed by atoms with Gasteiger partial charge in [-0.2, -0.15) is 0 Å². The van der Waals surface area contributed by atoms with E-state index in [1.807, 2.05) is 43.4 Å². The first-order valence-corrected chi connectivity index (χ1v) is 9.15. The third-order valence-corrected chi connectivity index (χ3v) is 4.72. The van der Waals surface area contributed by atoms with Crippen LogP contribution in [0.3, 0.4) is 0 Å². The van der Waals surface area contributed by atoms with Crippen molar-refractivity contribution in [1.29, 1.82) is 0 Å². The van der Waals surface area contributed by atoms with E-state index in [1.54, 1.807) is 12.1 Å². The molecule has 26 heavy (non-hydrogen) atoms. The van der Waals surface area contributed by atoms with Gasteiger partial charge in [0.2, 0.25) is 0 Å². The quantitative estimate of drug-likeness (QED) is 0.788. The van der Waals surface area contributed by atoms with Gasteiger partial charge in [0, 0.05) is 13.1 Å². The van der Waals surface area contributed by atoms with Gasteiger partial charge in [-0.25, -0.2) is 4.79 Å². The second kappa shape index (κ2) is 8.54. The highest BCUT2D eigenvalue weighted by Gasteiger charge is 2.30. The number of likely N-dealkylation sites (N-methyl/N-ethyl adjacent to an activating group) is 1. The molecular weight excluding hydrogens is 352 g/mol. The summed E-state index contributed by atoms with van der Waals surface area (Å²) in [5.41, 5.74) is 1.89. The van der Waals surface area contributed by atoms with Gasteiger partial charge >= 0.3 is 5.97 Å². The molecule has 6 heteroatoms. The molecule has 1 aliphatic heterocycles. The van der Waals surface area contributed by atoms with Crippen molar-refractivity contribution < 1.29 is 19.0 Å². The lowest BCUT2D eigenvalue weighted by atomic mass is 10.1. The van der Waals surface area contributed by atoms with Gasteiger partial charge < -0.3 is 10.1 Å². The average Bonchev–Trinajstić information content (AvgIpc) is 2.62. The molecule has 0 bridgehead atoms. The molecule has 5 nitrogen and oxygen atoms in total. The minimum atomic E-state index is -0.247. The fourth-order valence-corrected chi connectivity index (χ4v) is 3.17. The maximum Gasteiger partial charge on any atom is 0.370 e. The molecule has 1 fully saturated rings. The summed E-state index contributed by atoms with van der Waals surface area (Å²) in [6.07, 6.45) is 0.194. The number of hydroxylamine groups is 3. The summed E-state index contributed by atoms with van der Waals surface area (Å²) in [7, 11) is 1.94. The van der Waals surface area contributed by atoms with Gasteiger partial charge in [-0.3, -0.25) is 4.84 Å². The molecule has 1 aliphatic rings. The Morgan fingerprint density at radius 2 is 1.85 bits per heavy atom. The van der Waals surface area contributed by atoms with Crippen molar-refractivity contribution in [2.24, 2.45) is 0 Å². The minimum absolute atomic E-state index is 0.194. The summed E-state index contributed by atoms with van der Waals surface area (Å²) in [5.74, 6) is 0.358. The predicted molar refractivity (Wildman–Crippen MR) is 101 cm³/mol. The normalized spacial score (nSPS) is 16.1. The van der Waals surface area contributed by atoms with E-state index in [-0.39, 0.29) is 12.4 Å². The molecule has 2 aromatic carbocycles. The van der Waals surface area contributed by atoms with E-state index < -0.39 is 0 Å². The van der Waals surface area contributed by atoms with Crippen LogP contribution in [0.25, 0.3) is 0 Å². The van der Waals surface area contributed by atoms with Crippen LogP contribution < -0.4 is 10.1 Å². The first-order valence-electron chi connectivity index (χ1n) is 8.77. The Kier molecular flexibility index (Phi) is 6.14. The van der Waals surface area contributed by atoms with Crippen molar-refractivity contribution in [3.63, 3.8) is 0 Å². The van der Waals surface area contributed by atoms with Crippen molar-refractivity contribution in [3.8, 4) is 5.75 Å². The lowest BCUT2D eigenvalue weighted by Crippen LogP contribution is -2.56. The summed E-state index contributed by atoms with van der Waals surface area (Å²) in [6, 6.07) is 15.3. The van der Waals surface area contributed by atoms with Crippen molar-refractivity contribution in [2.45, 2.75) is 13.0 Å². The van der Waals surface area contributed by atoms with Crippen molar-refractivity contribution >= 4 is 17.6 Å². The van der Waals surface area contributed by atoms with Crippen molar-refractivity contribution in [1.82, 2.24) is 5.32 Å². The summed E-state index contributed by atoms with van der Waals surface area (Å²) >= 11 is 6.31. The highest BCUT2D eigenvalue weighted by atomic mass is 35.5. The molecular formula is C20H24ClN2O3+. The molecule has 0 aromatic heterocycles. The number of hydrogen-bond acceptors (Lipinski definition) is 4. The Hall–Kier alpha value is -2.08. The minimum Gasteiger partial charge on any atom is -0.487 e. The molecule has 0 aliphatic carbocycles. The van der Waals surface area contributed by atoms with E-state index >= 15 is 0 Å². The number of nitrogens with zero attached hydrogens (tertiary/aromatic N) is 1. The summed E-state index contributed by atoms with van der Waals surface area (Å²) in [4.78, 5) is 17.9. The number of quaternary nitrogens is 1. The highest BCUT2D eigenvalue weighted by Crippen LogP contribution is 2.26. The van der Waals surface area contributed by atoms with E-state index in [0.29, 0.717) is 22.0 Å². The number of hydrogen-bond donors (Lipinski definition) is 1. The fourth-order valence-electron chi connectivity index (χ4n) is 2.91. The molecule has 0 unspecified atom stereocenters. The Balaban J connectivity index is 1.56. The fraction of sp³-hybridized carbons (Fsp3) is 0.350. The van der Waals surface area contributed by atoms with Crippen molar-refractivity contribution in [3.05, 3.63) is 64.7 Å². The number of nitrogens with one attached hydrogen (secondary N) is 1. The lowest BCUT2D eigenvalue weighted by molar-refractivity contribution is -1.08. The second-order valence-electron chi connectivity index (χ2n) is 6.67. The molecule has 0 amide bonds. The Labute approximate surface area is 159 Å². The van der Waals surface area contributed by atoms with E-state index in [2.05, 4.69) is 5.32 Å². The van der Waals surface area contributed by atoms with Gasteiger partial charge in [-0.1, -0.05) is 48.0 Å². The highest BCUT2D eigenvalue weighted by molar-refractivity contribution is 6.32. The zero-order valence-corrected chi connectivity index (χ0v) is 15.7. The Morgan fingerprint density at radius 3 is 2.54 bits per heavy atom. The standard InChI is InChI=1S/C20H24ClN2O3/c1-23(11-9-22-10-12-23)26-20(24)14-17-7-8-19(18(21)13-17)25-15-16-5-3-2-4-6-16/h2-8,13,22H,9-12,14-15H2,1H3/q+1. The van der Waals surface area contributed by atoms with Crippen LogP contribution in [0.5, 0.6) is 5.75 Å². The Morgan fingerprint density at radius 1 is 1.12 bits per heavy atom. The molecule has 1 N–H and O–H groups in total. The van der Waals surface area contributed by atoms with Crippen LogP contribution in [0.15, 0.2) is 48.5 Å². The zero-order valence-electron chi connectivity index (χ0n) is 14.9. The SMILES string of the molecule is C[N+]1(OC(=O)Cc2ccc(OCc3ccccc3)c(Cl)c2)CCNCC1. The predicted octanol–water partition coefficient (Wildman–Crippen LogP) is 2.97. The molecule has 0 radical (unpaired) electrons. The average molecular weight is 376 g/mol. The number of carbonyl (C=O) groups is 1.